The summed E-state index contributed by atoms with van der Waals surface area (Å²) >= 11 is 7.56. The van der Waals surface area contributed by atoms with Gasteiger partial charge in [-0.05, 0) is 40.8 Å². The lowest BCUT2D eigenvalue weighted by molar-refractivity contribution is 0.0937. The van der Waals surface area contributed by atoms with E-state index < -0.39 is 0 Å². The Labute approximate surface area is 179 Å². The number of amides is 1. The maximum Gasteiger partial charge on any atom is 0.271 e. The number of thioether (sulfide) groups is 1. The summed E-state index contributed by atoms with van der Waals surface area (Å²) in [5, 5.41) is 3.90. The number of carbonyl (C=O) groups excluding carboxylic acids is 1. The third-order valence-corrected chi connectivity index (χ3v) is 6.91. The van der Waals surface area contributed by atoms with Crippen molar-refractivity contribution in [2.45, 2.75) is 23.4 Å². The first-order valence-electron chi connectivity index (χ1n) is 9.69. The fourth-order valence-corrected chi connectivity index (χ4v) is 5.39. The van der Waals surface area contributed by atoms with Crippen LogP contribution in [0.2, 0.25) is 5.02 Å². The highest BCUT2D eigenvalue weighted by molar-refractivity contribution is 7.98. The zero-order chi connectivity index (χ0) is 20.0. The van der Waals surface area contributed by atoms with Gasteiger partial charge in [0.1, 0.15) is 0 Å². The van der Waals surface area contributed by atoms with E-state index in [1.54, 1.807) is 0 Å². The van der Waals surface area contributed by atoms with Gasteiger partial charge in [-0.15, -0.1) is 0 Å². The Bertz CT molecular complexity index is 1060. The Kier molecular flexibility index (Phi) is 4.80. The third-order valence-electron chi connectivity index (χ3n) is 6.07. The molecule has 6 heteroatoms. The van der Waals surface area contributed by atoms with Crippen molar-refractivity contribution < 1.29 is 4.79 Å². The lowest BCUT2D eigenvalue weighted by Crippen LogP contribution is -2.39. The van der Waals surface area contributed by atoms with Gasteiger partial charge in [-0.1, -0.05) is 71.9 Å². The summed E-state index contributed by atoms with van der Waals surface area (Å²) in [6, 6.07) is 17.5. The first kappa shape index (κ1) is 18.6. The molecule has 1 atom stereocenters. The van der Waals surface area contributed by atoms with E-state index in [0.29, 0.717) is 29.5 Å². The lowest BCUT2D eigenvalue weighted by atomic mass is 9.59. The number of aromatic nitrogens is 2. The second-order valence-corrected chi connectivity index (χ2v) is 8.73. The van der Waals surface area contributed by atoms with E-state index in [-0.39, 0.29) is 16.6 Å². The largest absolute Gasteiger partial charge is 0.350 e. The van der Waals surface area contributed by atoms with Crippen LogP contribution < -0.4 is 5.32 Å². The second kappa shape index (κ2) is 7.47. The van der Waals surface area contributed by atoms with Crippen LogP contribution in [0, 0.1) is 5.92 Å². The van der Waals surface area contributed by atoms with Gasteiger partial charge >= 0.3 is 0 Å². The minimum absolute atomic E-state index is 0.240. The molecule has 0 aliphatic heterocycles. The Morgan fingerprint density at radius 3 is 2.34 bits per heavy atom. The molecule has 1 unspecified atom stereocenters. The van der Waals surface area contributed by atoms with Gasteiger partial charge in [-0.3, -0.25) is 4.79 Å². The number of nitrogens with zero attached hydrogens (tertiary/aromatic N) is 2. The van der Waals surface area contributed by atoms with Crippen LogP contribution in [0.5, 0.6) is 0 Å². The molecule has 1 amide bonds. The normalized spacial score (nSPS) is 21.4. The van der Waals surface area contributed by atoms with E-state index in [0.717, 1.165) is 6.42 Å². The smallest absolute Gasteiger partial charge is 0.271 e. The molecule has 3 aliphatic rings. The molecule has 0 radical (unpaired) electrons. The zero-order valence-electron chi connectivity index (χ0n) is 15.9. The van der Waals surface area contributed by atoms with Gasteiger partial charge in [0.25, 0.3) is 5.91 Å². The van der Waals surface area contributed by atoms with E-state index in [4.69, 9.17) is 11.6 Å². The van der Waals surface area contributed by atoms with Crippen LogP contribution in [-0.2, 0) is 0 Å². The molecule has 1 aromatic heterocycles. The molecule has 6 rings (SSSR count). The third kappa shape index (κ3) is 3.13. The summed E-state index contributed by atoms with van der Waals surface area (Å²) in [5.74, 6) is 0.792. The molecule has 2 aromatic carbocycles. The summed E-state index contributed by atoms with van der Waals surface area (Å²) in [4.78, 5) is 21.2. The van der Waals surface area contributed by atoms with Gasteiger partial charge in [-0.2, -0.15) is 0 Å². The molecule has 0 spiro atoms. The molecule has 146 valence electrons. The average molecular weight is 422 g/mol. The second-order valence-electron chi connectivity index (χ2n) is 7.55. The fourth-order valence-electron chi connectivity index (χ4n) is 4.88. The Hall–Kier alpha value is -2.37. The predicted octanol–water partition coefficient (Wildman–Crippen LogP) is 4.88. The summed E-state index contributed by atoms with van der Waals surface area (Å²) in [6.45, 7) is 0.595. The SMILES string of the molecule is CSc1ncc(Cl)c(C(=O)NCC2CC3c4ccccc4C2c2ccccc23)n1. The van der Waals surface area contributed by atoms with Gasteiger partial charge in [0, 0.05) is 18.4 Å². The topological polar surface area (TPSA) is 54.9 Å². The molecule has 0 saturated heterocycles. The molecular weight excluding hydrogens is 402 g/mol. The van der Waals surface area contributed by atoms with Crippen LogP contribution in [0.15, 0.2) is 59.9 Å². The summed E-state index contributed by atoms with van der Waals surface area (Å²) in [6.07, 6.45) is 4.40. The van der Waals surface area contributed by atoms with Gasteiger partial charge in [0.2, 0.25) is 0 Å². The Morgan fingerprint density at radius 2 is 1.72 bits per heavy atom. The zero-order valence-corrected chi connectivity index (χ0v) is 17.5. The van der Waals surface area contributed by atoms with E-state index in [1.165, 1.54) is 40.2 Å². The van der Waals surface area contributed by atoms with Crippen molar-refractivity contribution in [2.75, 3.05) is 12.8 Å². The maximum absolute atomic E-state index is 12.8. The lowest BCUT2D eigenvalue weighted by Gasteiger charge is -2.45. The first-order chi connectivity index (χ1) is 14.2. The summed E-state index contributed by atoms with van der Waals surface area (Å²) in [7, 11) is 0. The van der Waals surface area contributed by atoms with Crippen LogP contribution in [0.4, 0.5) is 0 Å². The predicted molar refractivity (Wildman–Crippen MR) is 116 cm³/mol. The Morgan fingerprint density at radius 1 is 1.10 bits per heavy atom. The monoisotopic (exact) mass is 421 g/mol. The Balaban J connectivity index is 1.42. The van der Waals surface area contributed by atoms with Crippen molar-refractivity contribution in [1.29, 1.82) is 0 Å². The van der Waals surface area contributed by atoms with E-state index >= 15 is 0 Å². The van der Waals surface area contributed by atoms with Crippen molar-refractivity contribution in [2.24, 2.45) is 5.92 Å². The highest BCUT2D eigenvalue weighted by Gasteiger charge is 2.42. The van der Waals surface area contributed by atoms with Gasteiger partial charge in [0.05, 0.1) is 11.2 Å². The number of halogens is 1. The van der Waals surface area contributed by atoms with Crippen LogP contribution in [-0.4, -0.2) is 28.7 Å². The molecule has 3 aliphatic carbocycles. The van der Waals surface area contributed by atoms with Gasteiger partial charge < -0.3 is 5.32 Å². The van der Waals surface area contributed by atoms with Crippen LogP contribution in [0.1, 0.15) is 51.0 Å². The molecule has 0 fully saturated rings. The molecule has 2 bridgehead atoms. The highest BCUT2D eigenvalue weighted by atomic mass is 35.5. The number of benzene rings is 2. The average Bonchev–Trinajstić information content (AvgIpc) is 2.78. The molecule has 29 heavy (non-hydrogen) atoms. The molecule has 1 N–H and O–H groups in total. The van der Waals surface area contributed by atoms with Gasteiger partial charge in [-0.25, -0.2) is 9.97 Å². The quantitative estimate of drug-likeness (QED) is 0.482. The molecular formula is C23H20ClN3OS. The van der Waals surface area contributed by atoms with Crippen LogP contribution >= 0.6 is 23.4 Å². The van der Waals surface area contributed by atoms with E-state index in [9.17, 15) is 4.79 Å². The van der Waals surface area contributed by atoms with E-state index in [1.807, 2.05) is 6.26 Å². The van der Waals surface area contributed by atoms with Crippen LogP contribution in [0.3, 0.4) is 0 Å². The van der Waals surface area contributed by atoms with Crippen LogP contribution in [0.25, 0.3) is 0 Å². The number of nitrogens with one attached hydrogen (secondary N) is 1. The number of carbonyl (C=O) groups is 1. The molecule has 0 saturated carbocycles. The van der Waals surface area contributed by atoms with Crippen molar-refractivity contribution in [3.63, 3.8) is 0 Å². The maximum atomic E-state index is 12.8. The summed E-state index contributed by atoms with van der Waals surface area (Å²) < 4.78 is 0. The fraction of sp³-hybridized carbons (Fsp3) is 0.261. The minimum Gasteiger partial charge on any atom is -0.350 e. The standard InChI is InChI=1S/C23H20ClN3OS/c1-29-23-26-12-19(24)21(27-23)22(28)25-11-13-10-18-14-6-2-4-8-16(14)20(13)17-9-5-3-7-15(17)18/h2-9,12-13,18,20H,10-11H2,1H3,(H,25,28). The van der Waals surface area contributed by atoms with Crippen molar-refractivity contribution >= 4 is 29.3 Å². The number of fused-ring (bicyclic) bond motifs is 1. The van der Waals surface area contributed by atoms with Crippen molar-refractivity contribution in [3.05, 3.63) is 87.7 Å². The summed E-state index contributed by atoms with van der Waals surface area (Å²) in [5.41, 5.74) is 5.90. The number of hydrogen-bond donors (Lipinski definition) is 1. The van der Waals surface area contributed by atoms with E-state index in [2.05, 4.69) is 63.8 Å². The minimum atomic E-state index is -0.240. The molecule has 1 heterocycles. The number of rotatable bonds is 4. The molecule has 4 nitrogen and oxygen atoms in total. The highest BCUT2D eigenvalue weighted by Crippen LogP contribution is 2.55. The number of hydrogen-bond acceptors (Lipinski definition) is 4. The molecule has 3 aromatic rings. The van der Waals surface area contributed by atoms with Crippen molar-refractivity contribution in [3.8, 4) is 0 Å². The van der Waals surface area contributed by atoms with Crippen molar-refractivity contribution in [1.82, 2.24) is 15.3 Å². The van der Waals surface area contributed by atoms with Gasteiger partial charge in [0.15, 0.2) is 10.9 Å². The first-order valence-corrected chi connectivity index (χ1v) is 11.3.